The Morgan fingerprint density at radius 1 is 1.27 bits per heavy atom. The highest BCUT2D eigenvalue weighted by atomic mass is 32.1. The van der Waals surface area contributed by atoms with Gasteiger partial charge in [0.2, 0.25) is 0 Å². The molecule has 2 N–H and O–H groups in total. The molecular weight excluding hydrogens is 300 g/mol. The van der Waals surface area contributed by atoms with Gasteiger partial charge < -0.3 is 10.4 Å². The summed E-state index contributed by atoms with van der Waals surface area (Å²) >= 11 is 1.37. The Labute approximate surface area is 133 Å². The van der Waals surface area contributed by atoms with Gasteiger partial charge in [-0.15, -0.1) is 11.3 Å². The van der Waals surface area contributed by atoms with Crippen molar-refractivity contribution in [3.8, 4) is 0 Å². The van der Waals surface area contributed by atoms with Crippen LogP contribution in [0.2, 0.25) is 0 Å². The van der Waals surface area contributed by atoms with Crippen molar-refractivity contribution in [1.82, 2.24) is 4.98 Å². The lowest BCUT2D eigenvalue weighted by Crippen LogP contribution is -2.13. The van der Waals surface area contributed by atoms with Gasteiger partial charge >= 0.3 is 5.97 Å². The minimum Gasteiger partial charge on any atom is -0.481 e. The van der Waals surface area contributed by atoms with Gasteiger partial charge in [0.1, 0.15) is 4.88 Å². The van der Waals surface area contributed by atoms with Crippen LogP contribution in [0.3, 0.4) is 0 Å². The van der Waals surface area contributed by atoms with Crippen molar-refractivity contribution in [1.29, 1.82) is 0 Å². The summed E-state index contributed by atoms with van der Waals surface area (Å²) in [7, 11) is 0. The number of thiazole rings is 1. The number of aromatic nitrogens is 1. The fourth-order valence-electron chi connectivity index (χ4n) is 2.09. The lowest BCUT2D eigenvalue weighted by atomic mass is 10.0. The number of carboxylic acid groups (broad SMARTS) is 1. The van der Waals surface area contributed by atoms with Gasteiger partial charge in [0.15, 0.2) is 0 Å². The molecule has 0 radical (unpaired) electrons. The maximum absolute atomic E-state index is 12.2. The van der Waals surface area contributed by atoms with Crippen molar-refractivity contribution in [2.24, 2.45) is 5.92 Å². The standard InChI is InChI=1S/C16H18N2O3S/c1-9(16(20)21)8-12-4-6-13(7-5-12)18-15(19)14-10(2)17-11(3)22-14/h4-7,9H,8H2,1-3H3,(H,18,19)(H,20,21). The molecule has 1 unspecified atom stereocenters. The van der Waals surface area contributed by atoms with Crippen molar-refractivity contribution in [3.05, 3.63) is 45.4 Å². The molecule has 1 aromatic carbocycles. The third kappa shape index (κ3) is 3.92. The number of nitrogens with zero attached hydrogens (tertiary/aromatic N) is 1. The van der Waals surface area contributed by atoms with E-state index in [1.165, 1.54) is 11.3 Å². The Balaban J connectivity index is 2.03. The van der Waals surface area contributed by atoms with Crippen molar-refractivity contribution in [2.75, 3.05) is 5.32 Å². The van der Waals surface area contributed by atoms with E-state index in [4.69, 9.17) is 5.11 Å². The highest BCUT2D eigenvalue weighted by Gasteiger charge is 2.14. The van der Waals surface area contributed by atoms with Gasteiger partial charge in [-0.1, -0.05) is 19.1 Å². The van der Waals surface area contributed by atoms with Crippen LogP contribution in [0.4, 0.5) is 5.69 Å². The van der Waals surface area contributed by atoms with Gasteiger partial charge in [-0.05, 0) is 38.0 Å². The number of aryl methyl sites for hydroxylation is 2. The van der Waals surface area contributed by atoms with Crippen LogP contribution in [0.1, 0.15) is 32.9 Å². The molecule has 0 fully saturated rings. The Morgan fingerprint density at radius 3 is 2.41 bits per heavy atom. The molecule has 0 aliphatic carbocycles. The summed E-state index contributed by atoms with van der Waals surface area (Å²) in [6.07, 6.45) is 0.469. The maximum atomic E-state index is 12.2. The molecule has 0 saturated heterocycles. The molecule has 1 atom stereocenters. The lowest BCUT2D eigenvalue weighted by Gasteiger charge is -2.08. The molecule has 22 heavy (non-hydrogen) atoms. The van der Waals surface area contributed by atoms with Crippen LogP contribution in [0, 0.1) is 19.8 Å². The van der Waals surface area contributed by atoms with Crippen LogP contribution in [0.25, 0.3) is 0 Å². The summed E-state index contributed by atoms with van der Waals surface area (Å²) in [5, 5.41) is 12.6. The molecule has 1 aromatic heterocycles. The average molecular weight is 318 g/mol. The number of carbonyl (C=O) groups excluding carboxylic acids is 1. The van der Waals surface area contributed by atoms with Crippen LogP contribution in [-0.4, -0.2) is 22.0 Å². The van der Waals surface area contributed by atoms with Crippen molar-refractivity contribution < 1.29 is 14.7 Å². The zero-order chi connectivity index (χ0) is 16.3. The van der Waals surface area contributed by atoms with E-state index >= 15 is 0 Å². The number of benzene rings is 1. The third-order valence-corrected chi connectivity index (χ3v) is 4.36. The van der Waals surface area contributed by atoms with Crippen LogP contribution in [-0.2, 0) is 11.2 Å². The molecule has 2 rings (SSSR count). The zero-order valence-electron chi connectivity index (χ0n) is 12.7. The number of hydrogen-bond donors (Lipinski definition) is 2. The fraction of sp³-hybridized carbons (Fsp3) is 0.312. The van der Waals surface area contributed by atoms with Crippen molar-refractivity contribution in [3.63, 3.8) is 0 Å². The first-order valence-corrected chi connectivity index (χ1v) is 7.75. The number of hydrogen-bond acceptors (Lipinski definition) is 4. The Bertz CT molecular complexity index is 692. The molecule has 2 aromatic rings. The second kappa shape index (κ2) is 6.70. The Hall–Kier alpha value is -2.21. The van der Waals surface area contributed by atoms with E-state index in [0.717, 1.165) is 16.3 Å². The van der Waals surface area contributed by atoms with Crippen molar-refractivity contribution >= 4 is 28.9 Å². The fourth-order valence-corrected chi connectivity index (χ4v) is 2.91. The molecule has 1 amide bonds. The number of carbonyl (C=O) groups is 2. The second-order valence-electron chi connectivity index (χ2n) is 5.24. The smallest absolute Gasteiger partial charge is 0.306 e. The number of aliphatic carboxylic acids is 1. The van der Waals surface area contributed by atoms with Crippen LogP contribution < -0.4 is 5.32 Å². The quantitative estimate of drug-likeness (QED) is 0.886. The van der Waals surface area contributed by atoms with Gasteiger partial charge in [0.05, 0.1) is 16.6 Å². The minimum atomic E-state index is -0.812. The van der Waals surface area contributed by atoms with Gasteiger partial charge in [-0.2, -0.15) is 0 Å². The van der Waals surface area contributed by atoms with E-state index in [1.54, 1.807) is 19.1 Å². The lowest BCUT2D eigenvalue weighted by molar-refractivity contribution is -0.141. The molecule has 0 spiro atoms. The van der Waals surface area contributed by atoms with E-state index in [2.05, 4.69) is 10.3 Å². The van der Waals surface area contributed by atoms with Gasteiger partial charge in [0, 0.05) is 5.69 Å². The molecule has 6 heteroatoms. The highest BCUT2D eigenvalue weighted by molar-refractivity contribution is 7.13. The Kier molecular flexibility index (Phi) is 4.92. The van der Waals surface area contributed by atoms with Crippen LogP contribution in [0.5, 0.6) is 0 Å². The molecular formula is C16H18N2O3S. The number of amides is 1. The summed E-state index contributed by atoms with van der Waals surface area (Å²) in [6.45, 7) is 5.36. The van der Waals surface area contributed by atoms with E-state index < -0.39 is 11.9 Å². The second-order valence-corrected chi connectivity index (χ2v) is 6.45. The first kappa shape index (κ1) is 16.2. The maximum Gasteiger partial charge on any atom is 0.306 e. The van der Waals surface area contributed by atoms with Gasteiger partial charge in [-0.25, -0.2) is 4.98 Å². The molecule has 0 bridgehead atoms. The molecule has 1 heterocycles. The average Bonchev–Trinajstić information content (AvgIpc) is 2.79. The topological polar surface area (TPSA) is 79.3 Å². The number of nitrogens with one attached hydrogen (secondary N) is 1. The van der Waals surface area contributed by atoms with E-state index in [0.29, 0.717) is 17.0 Å². The summed E-state index contributed by atoms with van der Waals surface area (Å²) in [5.74, 6) is -1.41. The molecule has 5 nitrogen and oxygen atoms in total. The van der Waals surface area contributed by atoms with E-state index in [1.807, 2.05) is 26.0 Å². The van der Waals surface area contributed by atoms with Crippen molar-refractivity contribution in [2.45, 2.75) is 27.2 Å². The summed E-state index contributed by atoms with van der Waals surface area (Å²) < 4.78 is 0. The zero-order valence-corrected chi connectivity index (χ0v) is 13.5. The molecule has 0 saturated carbocycles. The van der Waals surface area contributed by atoms with Crippen LogP contribution in [0.15, 0.2) is 24.3 Å². The largest absolute Gasteiger partial charge is 0.481 e. The third-order valence-electron chi connectivity index (χ3n) is 3.29. The summed E-state index contributed by atoms with van der Waals surface area (Å²) in [4.78, 5) is 27.9. The normalized spacial score (nSPS) is 12.0. The summed E-state index contributed by atoms with van der Waals surface area (Å²) in [6, 6.07) is 7.23. The molecule has 0 aliphatic heterocycles. The first-order chi connectivity index (χ1) is 10.4. The number of carboxylic acids is 1. The first-order valence-electron chi connectivity index (χ1n) is 6.94. The predicted octanol–water partition coefficient (Wildman–Crippen LogP) is 3.28. The minimum absolute atomic E-state index is 0.172. The van der Waals surface area contributed by atoms with E-state index in [-0.39, 0.29) is 5.91 Å². The van der Waals surface area contributed by atoms with Crippen LogP contribution >= 0.6 is 11.3 Å². The predicted molar refractivity (Wildman–Crippen MR) is 86.5 cm³/mol. The SMILES string of the molecule is Cc1nc(C)c(C(=O)Nc2ccc(CC(C)C(=O)O)cc2)s1. The van der Waals surface area contributed by atoms with Gasteiger partial charge in [-0.3, -0.25) is 9.59 Å². The Morgan fingerprint density at radius 2 is 1.91 bits per heavy atom. The number of rotatable bonds is 5. The van der Waals surface area contributed by atoms with Gasteiger partial charge in [0.25, 0.3) is 5.91 Å². The molecule has 116 valence electrons. The summed E-state index contributed by atoms with van der Waals surface area (Å²) in [5.41, 5.74) is 2.34. The molecule has 0 aliphatic rings. The monoisotopic (exact) mass is 318 g/mol. The number of anilines is 1. The highest BCUT2D eigenvalue weighted by Crippen LogP contribution is 2.20. The van der Waals surface area contributed by atoms with E-state index in [9.17, 15) is 9.59 Å².